The van der Waals surface area contributed by atoms with E-state index in [1.807, 2.05) is 26.0 Å². The van der Waals surface area contributed by atoms with Gasteiger partial charge in [-0.3, -0.25) is 14.6 Å². The van der Waals surface area contributed by atoms with Crippen LogP contribution in [0.25, 0.3) is 0 Å². The van der Waals surface area contributed by atoms with Crippen LogP contribution in [0.15, 0.2) is 24.4 Å². The van der Waals surface area contributed by atoms with Crippen LogP contribution in [0.3, 0.4) is 0 Å². The molecule has 0 aliphatic carbocycles. The van der Waals surface area contributed by atoms with E-state index in [9.17, 15) is 14.4 Å². The number of likely N-dealkylation sites (tertiary alicyclic amines) is 1. The lowest BCUT2D eigenvalue weighted by Gasteiger charge is -2.23. The Morgan fingerprint density at radius 1 is 1.42 bits per heavy atom. The molecular weight excluding hydrogens is 312 g/mol. The Bertz CT molecular complexity index is 658. The van der Waals surface area contributed by atoms with Gasteiger partial charge in [-0.15, -0.1) is 0 Å². The topological polar surface area (TPSA) is 85.8 Å². The van der Waals surface area contributed by atoms with Gasteiger partial charge in [0.25, 0.3) is 0 Å². The Kier molecular flexibility index (Phi) is 4.26. The van der Waals surface area contributed by atoms with Crippen LogP contribution in [0, 0.1) is 11.3 Å². The van der Waals surface area contributed by atoms with Crippen molar-refractivity contribution < 1.29 is 23.9 Å². The fourth-order valence-electron chi connectivity index (χ4n) is 2.92. The van der Waals surface area contributed by atoms with Crippen LogP contribution in [0.5, 0.6) is 0 Å². The molecule has 3 heterocycles. The average molecular weight is 332 g/mol. The Balaban J connectivity index is 1.61. The summed E-state index contributed by atoms with van der Waals surface area (Å²) >= 11 is 0. The number of hydrogen-bond acceptors (Lipinski definition) is 6. The van der Waals surface area contributed by atoms with Gasteiger partial charge in [0.05, 0.1) is 18.2 Å². The van der Waals surface area contributed by atoms with Gasteiger partial charge in [0.1, 0.15) is 6.61 Å². The van der Waals surface area contributed by atoms with Gasteiger partial charge in [-0.1, -0.05) is 19.9 Å². The highest BCUT2D eigenvalue weighted by molar-refractivity contribution is 5.88. The number of carbonyl (C=O) groups is 3. The molecule has 7 heteroatoms. The van der Waals surface area contributed by atoms with Crippen molar-refractivity contribution >= 4 is 17.8 Å². The molecule has 128 valence electrons. The first-order chi connectivity index (χ1) is 11.4. The number of amides is 1. The molecule has 0 spiro atoms. The highest BCUT2D eigenvalue weighted by Gasteiger charge is 2.48. The quantitative estimate of drug-likeness (QED) is 0.762. The summed E-state index contributed by atoms with van der Waals surface area (Å²) < 4.78 is 10.3. The van der Waals surface area contributed by atoms with E-state index in [1.54, 1.807) is 17.2 Å². The third-order valence-electron chi connectivity index (χ3n) is 4.37. The summed E-state index contributed by atoms with van der Waals surface area (Å²) in [7, 11) is 0. The van der Waals surface area contributed by atoms with E-state index in [0.29, 0.717) is 6.54 Å². The summed E-state index contributed by atoms with van der Waals surface area (Å²) in [6.07, 6.45) is 0.841. The van der Waals surface area contributed by atoms with E-state index in [0.717, 1.165) is 5.69 Å². The highest BCUT2D eigenvalue weighted by atomic mass is 16.6. The number of nitrogens with zero attached hydrogens (tertiary/aromatic N) is 2. The van der Waals surface area contributed by atoms with Gasteiger partial charge in [-0.25, -0.2) is 4.79 Å². The Morgan fingerprint density at radius 3 is 2.83 bits per heavy atom. The Morgan fingerprint density at radius 2 is 2.21 bits per heavy atom. The predicted octanol–water partition coefficient (Wildman–Crippen LogP) is 0.925. The molecule has 1 aromatic heterocycles. The van der Waals surface area contributed by atoms with Crippen LogP contribution in [0.4, 0.5) is 0 Å². The number of esters is 2. The zero-order chi connectivity index (χ0) is 17.3. The average Bonchev–Trinajstić information content (AvgIpc) is 3.03. The van der Waals surface area contributed by atoms with E-state index >= 15 is 0 Å². The summed E-state index contributed by atoms with van der Waals surface area (Å²) in [4.78, 5) is 42.0. The van der Waals surface area contributed by atoms with Crippen molar-refractivity contribution in [1.82, 2.24) is 9.88 Å². The van der Waals surface area contributed by atoms with Gasteiger partial charge in [-0.05, 0) is 12.1 Å². The van der Waals surface area contributed by atoms with Crippen LogP contribution in [0.2, 0.25) is 0 Å². The molecular formula is C17H20N2O5. The molecule has 0 radical (unpaired) electrons. The number of ether oxygens (including phenoxy) is 2. The lowest BCUT2D eigenvalue weighted by Crippen LogP contribution is -2.37. The van der Waals surface area contributed by atoms with Crippen LogP contribution < -0.4 is 0 Å². The first kappa shape index (κ1) is 16.4. The van der Waals surface area contributed by atoms with Gasteiger partial charge in [0, 0.05) is 24.6 Å². The molecule has 0 saturated carbocycles. The van der Waals surface area contributed by atoms with Gasteiger partial charge >= 0.3 is 11.9 Å². The molecule has 0 aromatic carbocycles. The minimum atomic E-state index is -0.912. The van der Waals surface area contributed by atoms with E-state index in [-0.39, 0.29) is 25.5 Å². The zero-order valence-corrected chi connectivity index (χ0v) is 13.7. The summed E-state index contributed by atoms with van der Waals surface area (Å²) in [5.41, 5.74) is 0.212. The minimum Gasteiger partial charge on any atom is -0.462 e. The van der Waals surface area contributed by atoms with E-state index in [1.165, 1.54) is 0 Å². The number of cyclic esters (lactones) is 1. The first-order valence-corrected chi connectivity index (χ1v) is 7.91. The normalized spacial score (nSPS) is 25.7. The second-order valence-electron chi connectivity index (χ2n) is 6.91. The highest BCUT2D eigenvalue weighted by Crippen LogP contribution is 2.32. The molecule has 0 N–H and O–H groups in total. The summed E-state index contributed by atoms with van der Waals surface area (Å²) in [6, 6.07) is 5.48. The lowest BCUT2D eigenvalue weighted by atomic mass is 9.89. The smallest absolute Gasteiger partial charge is 0.348 e. The molecule has 2 saturated heterocycles. The van der Waals surface area contributed by atoms with Gasteiger partial charge in [0.15, 0.2) is 0 Å². The monoisotopic (exact) mass is 332 g/mol. The molecule has 0 unspecified atom stereocenters. The second kappa shape index (κ2) is 6.22. The van der Waals surface area contributed by atoms with Crippen molar-refractivity contribution in [3.63, 3.8) is 0 Å². The number of aromatic nitrogens is 1. The van der Waals surface area contributed by atoms with Crippen LogP contribution >= 0.6 is 0 Å². The molecule has 2 fully saturated rings. The van der Waals surface area contributed by atoms with Gasteiger partial charge in [0.2, 0.25) is 12.0 Å². The number of rotatable bonds is 4. The molecule has 2 aliphatic rings. The molecule has 7 nitrogen and oxygen atoms in total. The van der Waals surface area contributed by atoms with E-state index < -0.39 is 29.4 Å². The van der Waals surface area contributed by atoms with Crippen LogP contribution in [-0.4, -0.2) is 47.0 Å². The fourth-order valence-corrected chi connectivity index (χ4v) is 2.92. The molecule has 2 atom stereocenters. The number of carbonyl (C=O) groups excluding carboxylic acids is 3. The summed E-state index contributed by atoms with van der Waals surface area (Å²) in [6.45, 7) is 4.47. The Labute approximate surface area is 139 Å². The molecule has 24 heavy (non-hydrogen) atoms. The Hall–Kier alpha value is -2.44. The molecule has 1 amide bonds. The summed E-state index contributed by atoms with van der Waals surface area (Å²) in [5, 5.41) is 0. The lowest BCUT2D eigenvalue weighted by molar-refractivity contribution is -0.166. The van der Waals surface area contributed by atoms with Gasteiger partial charge < -0.3 is 14.4 Å². The maximum atomic E-state index is 12.4. The van der Waals surface area contributed by atoms with Crippen molar-refractivity contribution in [3.8, 4) is 0 Å². The largest absolute Gasteiger partial charge is 0.462 e. The molecule has 3 rings (SSSR count). The summed E-state index contributed by atoms with van der Waals surface area (Å²) in [5.74, 6) is -1.73. The van der Waals surface area contributed by atoms with Crippen LogP contribution in [0.1, 0.15) is 26.0 Å². The third kappa shape index (κ3) is 3.25. The maximum absolute atomic E-state index is 12.4. The number of pyridine rings is 1. The van der Waals surface area contributed by atoms with E-state index in [4.69, 9.17) is 9.47 Å². The van der Waals surface area contributed by atoms with E-state index in [2.05, 4.69) is 4.98 Å². The molecule has 0 bridgehead atoms. The SMILES string of the molecule is CC1(C)COC(=O)[C@@H]1OC(=O)[C@@H]1CC(=O)N(Cc2ccccn2)C1. The minimum absolute atomic E-state index is 0.0911. The predicted molar refractivity (Wildman–Crippen MR) is 82.4 cm³/mol. The molecule has 2 aliphatic heterocycles. The fraction of sp³-hybridized carbons (Fsp3) is 0.529. The van der Waals surface area contributed by atoms with Crippen molar-refractivity contribution in [1.29, 1.82) is 0 Å². The first-order valence-electron chi connectivity index (χ1n) is 7.91. The van der Waals surface area contributed by atoms with Crippen molar-refractivity contribution in [2.75, 3.05) is 13.2 Å². The third-order valence-corrected chi connectivity index (χ3v) is 4.37. The zero-order valence-electron chi connectivity index (χ0n) is 13.7. The maximum Gasteiger partial charge on any atom is 0.348 e. The second-order valence-corrected chi connectivity index (χ2v) is 6.91. The number of hydrogen-bond donors (Lipinski definition) is 0. The van der Waals surface area contributed by atoms with Gasteiger partial charge in [-0.2, -0.15) is 0 Å². The van der Waals surface area contributed by atoms with Crippen molar-refractivity contribution in [2.24, 2.45) is 11.3 Å². The van der Waals surface area contributed by atoms with Crippen LogP contribution in [-0.2, 0) is 30.4 Å². The standard InChI is InChI=1S/C17H20N2O5/c1-17(2)10-23-16(22)14(17)24-15(21)11-7-13(20)19(8-11)9-12-5-3-4-6-18-12/h3-6,11,14H,7-10H2,1-2H3/t11-,14+/m1/s1. The van der Waals surface area contributed by atoms with Crippen molar-refractivity contribution in [2.45, 2.75) is 32.9 Å². The van der Waals surface area contributed by atoms with Crippen molar-refractivity contribution in [3.05, 3.63) is 30.1 Å². The molecule has 1 aromatic rings.